The normalized spacial score (nSPS) is 11.7. The fourth-order valence-electron chi connectivity index (χ4n) is 3.52. The topological polar surface area (TPSA) is 18.5 Å². The van der Waals surface area contributed by atoms with Crippen LogP contribution in [0.1, 0.15) is 59.3 Å². The van der Waals surface area contributed by atoms with Gasteiger partial charge in [0.15, 0.2) is 0 Å². The number of methoxy groups -OCH3 is 1. The van der Waals surface area contributed by atoms with Crippen molar-refractivity contribution in [2.45, 2.75) is 72.6 Å². The molecule has 0 aliphatic heterocycles. The van der Waals surface area contributed by atoms with Gasteiger partial charge in [-0.25, -0.2) is 0 Å². The molecule has 0 saturated heterocycles. The molecule has 138 valence electrons. The van der Waals surface area contributed by atoms with Crippen molar-refractivity contribution in [3.8, 4) is 5.75 Å². The molecule has 0 aliphatic carbocycles. The summed E-state index contributed by atoms with van der Waals surface area (Å²) < 4.78 is 18.6. The second-order valence-corrected chi connectivity index (χ2v) is 21.0. The molecule has 0 bridgehead atoms. The zero-order valence-corrected chi connectivity index (χ0v) is 21.0. The first-order valence-electron chi connectivity index (χ1n) is 9.55. The van der Waals surface area contributed by atoms with Gasteiger partial charge in [0.25, 0.3) is 0 Å². The number of hydrogen-bond acceptors (Lipinski definition) is 2. The Hall–Kier alpha value is 0.509. The first-order valence-corrected chi connectivity index (χ1v) is 18.1. The Kier molecular flexibility index (Phi) is 12.0. The van der Waals surface area contributed by atoms with Gasteiger partial charge >= 0.3 is 168 Å². The van der Waals surface area contributed by atoms with Gasteiger partial charge in [0.05, 0.1) is 0 Å². The van der Waals surface area contributed by atoms with Gasteiger partial charge < -0.3 is 0 Å². The van der Waals surface area contributed by atoms with Crippen molar-refractivity contribution < 1.29 is 9.47 Å². The number of halogens is 1. The van der Waals surface area contributed by atoms with Crippen molar-refractivity contribution >= 4 is 44.5 Å². The molecule has 0 radical (unpaired) electrons. The second kappa shape index (κ2) is 12.8. The third-order valence-electron chi connectivity index (χ3n) is 4.89. The molecule has 4 heteroatoms. The Balaban J connectivity index is 3.30. The van der Waals surface area contributed by atoms with E-state index in [-0.39, 0.29) is 0 Å². The Labute approximate surface area is 167 Å². The molecule has 0 aliphatic rings. The molecule has 2 nitrogen and oxygen atoms in total. The summed E-state index contributed by atoms with van der Waals surface area (Å²) in [6, 6.07) is 6.81. The quantitative estimate of drug-likeness (QED) is 0.162. The predicted octanol–water partition coefficient (Wildman–Crippen LogP) is 6.33. The molecule has 1 aromatic rings. The minimum atomic E-state index is -2.46. The molecule has 0 amide bonds. The Morgan fingerprint density at radius 2 is 1.46 bits per heavy atom. The fourth-order valence-corrected chi connectivity index (χ4v) is 21.4. The molecule has 0 heterocycles. The van der Waals surface area contributed by atoms with E-state index >= 15 is 0 Å². The molecular weight excluding hydrogens is 518 g/mol. The van der Waals surface area contributed by atoms with Gasteiger partial charge in [-0.05, 0) is 0 Å². The number of unbranched alkanes of at least 4 members (excludes halogenated alkanes) is 3. The molecule has 0 aromatic heterocycles. The fraction of sp³-hybridized carbons (Fsp3) is 0.700. The van der Waals surface area contributed by atoms with Crippen LogP contribution in [0.25, 0.3) is 0 Å². The number of para-hydroxylation sites is 1. The maximum absolute atomic E-state index is 6.09. The van der Waals surface area contributed by atoms with Crippen molar-refractivity contribution in [3.05, 3.63) is 21.8 Å². The van der Waals surface area contributed by atoms with E-state index in [1.807, 2.05) is 0 Å². The second-order valence-electron chi connectivity index (χ2n) is 6.76. The van der Waals surface area contributed by atoms with Crippen molar-refractivity contribution in [1.29, 1.82) is 0 Å². The van der Waals surface area contributed by atoms with Crippen LogP contribution in [-0.2, 0) is 4.74 Å². The van der Waals surface area contributed by atoms with E-state index in [2.05, 4.69) is 61.6 Å². The van der Waals surface area contributed by atoms with Crippen LogP contribution in [0.3, 0.4) is 0 Å². The van der Waals surface area contributed by atoms with E-state index < -0.39 is 18.4 Å². The van der Waals surface area contributed by atoms with Gasteiger partial charge in [-0.2, -0.15) is 0 Å². The van der Waals surface area contributed by atoms with Crippen molar-refractivity contribution in [3.63, 3.8) is 0 Å². The first-order chi connectivity index (χ1) is 11.6. The van der Waals surface area contributed by atoms with Crippen LogP contribution in [-0.4, -0.2) is 32.3 Å². The van der Waals surface area contributed by atoms with Gasteiger partial charge in [-0.1, -0.05) is 0 Å². The van der Waals surface area contributed by atoms with Crippen molar-refractivity contribution in [2.75, 3.05) is 13.9 Å². The van der Waals surface area contributed by atoms with Gasteiger partial charge in [0.2, 0.25) is 0 Å². The van der Waals surface area contributed by atoms with Gasteiger partial charge in [0.1, 0.15) is 0 Å². The van der Waals surface area contributed by atoms with Gasteiger partial charge in [-0.15, -0.1) is 0 Å². The zero-order chi connectivity index (χ0) is 17.8. The third-order valence-corrected chi connectivity index (χ3v) is 21.3. The minimum absolute atomic E-state index is 0.351. The number of hydrogen-bond donors (Lipinski definition) is 0. The van der Waals surface area contributed by atoms with Crippen LogP contribution in [0.4, 0.5) is 0 Å². The molecule has 0 unspecified atom stereocenters. The standard InChI is InChI=1S/C8H8IO2.3C4H9.Sn/c1-10-6-11-8-5-3-2-4-7(8)9;3*1-3-4-2;/h2-4H,6H2,1H3;3*1,3-4H2,2H3;. The number of benzene rings is 1. The average molecular weight is 553 g/mol. The number of ether oxygens (including phenoxy) is 2. The maximum atomic E-state index is 6.09. The molecular formula is C20H35IO2Sn. The predicted molar refractivity (Wildman–Crippen MR) is 116 cm³/mol. The third kappa shape index (κ3) is 6.67. The molecule has 0 fully saturated rings. The van der Waals surface area contributed by atoms with E-state index in [0.29, 0.717) is 6.79 Å². The molecule has 1 rings (SSSR count). The van der Waals surface area contributed by atoms with Crippen LogP contribution in [0.15, 0.2) is 18.2 Å². The summed E-state index contributed by atoms with van der Waals surface area (Å²) in [6.45, 7) is 7.33. The molecule has 0 atom stereocenters. The summed E-state index contributed by atoms with van der Waals surface area (Å²) in [5.41, 5.74) is 0. The summed E-state index contributed by atoms with van der Waals surface area (Å²) in [5, 5.41) is 0. The van der Waals surface area contributed by atoms with Gasteiger partial charge in [-0.3, -0.25) is 0 Å². The monoisotopic (exact) mass is 554 g/mol. The summed E-state index contributed by atoms with van der Waals surface area (Å²) >= 11 is -0.0295. The summed E-state index contributed by atoms with van der Waals surface area (Å²) in [4.78, 5) is 0. The molecule has 0 saturated carbocycles. The molecule has 24 heavy (non-hydrogen) atoms. The van der Waals surface area contributed by atoms with Crippen LogP contribution < -0.4 is 8.32 Å². The van der Waals surface area contributed by atoms with Crippen molar-refractivity contribution in [2.24, 2.45) is 0 Å². The molecule has 0 spiro atoms. The number of rotatable bonds is 13. The van der Waals surface area contributed by atoms with Crippen LogP contribution in [0.5, 0.6) is 5.75 Å². The first kappa shape index (κ1) is 22.5. The average Bonchev–Trinajstić information content (AvgIpc) is 2.60. The molecule has 1 aromatic carbocycles. The van der Waals surface area contributed by atoms with Crippen molar-refractivity contribution in [1.82, 2.24) is 0 Å². The summed E-state index contributed by atoms with van der Waals surface area (Å²) in [7, 11) is 1.71. The van der Waals surface area contributed by atoms with E-state index in [1.54, 1.807) is 10.7 Å². The van der Waals surface area contributed by atoms with E-state index in [9.17, 15) is 0 Å². The molecule has 0 N–H and O–H groups in total. The zero-order valence-electron chi connectivity index (χ0n) is 16.0. The van der Waals surface area contributed by atoms with E-state index in [4.69, 9.17) is 9.47 Å². The van der Waals surface area contributed by atoms with Crippen LogP contribution in [0.2, 0.25) is 13.3 Å². The Morgan fingerprint density at radius 1 is 0.917 bits per heavy atom. The summed E-state index contributed by atoms with van der Waals surface area (Å²) in [6.07, 6.45) is 8.02. The Bertz CT molecular complexity index is 443. The van der Waals surface area contributed by atoms with Crippen LogP contribution >= 0.6 is 22.6 Å². The van der Waals surface area contributed by atoms with Gasteiger partial charge in [0, 0.05) is 0 Å². The summed E-state index contributed by atoms with van der Waals surface area (Å²) in [5.74, 6) is 1.14. The van der Waals surface area contributed by atoms with E-state index in [1.165, 1.54) is 55.4 Å². The Morgan fingerprint density at radius 3 is 1.92 bits per heavy atom. The van der Waals surface area contributed by atoms with Crippen LogP contribution in [0, 0.1) is 3.57 Å². The van der Waals surface area contributed by atoms with E-state index in [0.717, 1.165) is 5.75 Å². The SMILES string of the molecule is CCC[CH2][Sn]([CH2]CCC)([CH2]CCC)[c]1cccc(I)c1OCOC.